The summed E-state index contributed by atoms with van der Waals surface area (Å²) in [6.45, 7) is 8.19. The van der Waals surface area contributed by atoms with Gasteiger partial charge in [-0.2, -0.15) is 0 Å². The molecule has 2 aromatic carbocycles. The number of amides is 1. The van der Waals surface area contributed by atoms with Crippen molar-refractivity contribution in [3.63, 3.8) is 0 Å². The first-order valence-corrected chi connectivity index (χ1v) is 10.8. The lowest BCUT2D eigenvalue weighted by molar-refractivity contribution is -0.122. The second-order valence-corrected chi connectivity index (χ2v) is 9.39. The highest BCUT2D eigenvalue weighted by atomic mass is 35.5. The Labute approximate surface area is 184 Å². The molecule has 0 saturated carbocycles. The van der Waals surface area contributed by atoms with Gasteiger partial charge in [0, 0.05) is 16.0 Å². The number of hydrogen-bond donors (Lipinski definition) is 1. The fourth-order valence-electron chi connectivity index (χ4n) is 2.63. The van der Waals surface area contributed by atoms with Crippen LogP contribution in [0.4, 0.5) is 5.13 Å². The van der Waals surface area contributed by atoms with Crippen LogP contribution >= 0.6 is 34.5 Å². The van der Waals surface area contributed by atoms with E-state index < -0.39 is 6.10 Å². The number of ether oxygens (including phenoxy) is 1. The van der Waals surface area contributed by atoms with Crippen molar-refractivity contribution in [2.24, 2.45) is 0 Å². The molecule has 0 fully saturated rings. The number of benzene rings is 2. The molecule has 1 amide bonds. The molecule has 1 unspecified atom stereocenters. The Hall–Kier alpha value is -2.08. The van der Waals surface area contributed by atoms with E-state index >= 15 is 0 Å². The van der Waals surface area contributed by atoms with Crippen molar-refractivity contribution in [2.75, 3.05) is 5.32 Å². The van der Waals surface area contributed by atoms with E-state index in [0.29, 0.717) is 20.9 Å². The predicted octanol–water partition coefficient (Wildman–Crippen LogP) is 6.82. The van der Waals surface area contributed by atoms with Crippen molar-refractivity contribution in [2.45, 2.75) is 39.2 Å². The van der Waals surface area contributed by atoms with Crippen molar-refractivity contribution in [3.05, 3.63) is 63.5 Å². The van der Waals surface area contributed by atoms with Gasteiger partial charge in [0.05, 0.1) is 10.7 Å². The molecule has 0 aliphatic rings. The van der Waals surface area contributed by atoms with Gasteiger partial charge in [0.2, 0.25) is 0 Å². The van der Waals surface area contributed by atoms with Crippen LogP contribution in [0, 0.1) is 0 Å². The molecule has 1 heterocycles. The SMILES string of the molecule is CC(Oc1ccc(Cl)cc1Cl)C(=O)Nc1nc(-c2ccc(C(C)(C)C)cc2)cs1. The number of rotatable bonds is 5. The van der Waals surface area contributed by atoms with Crippen molar-refractivity contribution in [1.82, 2.24) is 4.98 Å². The lowest BCUT2D eigenvalue weighted by Crippen LogP contribution is -2.30. The second-order valence-electron chi connectivity index (χ2n) is 7.69. The van der Waals surface area contributed by atoms with Gasteiger partial charge in [-0.3, -0.25) is 10.1 Å². The molecule has 0 radical (unpaired) electrons. The van der Waals surface area contributed by atoms with Crippen molar-refractivity contribution in [3.8, 4) is 17.0 Å². The Morgan fingerprint density at radius 2 is 1.83 bits per heavy atom. The maximum atomic E-state index is 12.5. The summed E-state index contributed by atoms with van der Waals surface area (Å²) in [5.74, 6) is 0.0949. The van der Waals surface area contributed by atoms with Gasteiger partial charge in [-0.05, 0) is 36.1 Å². The van der Waals surface area contributed by atoms with E-state index in [4.69, 9.17) is 27.9 Å². The minimum absolute atomic E-state index is 0.100. The van der Waals surface area contributed by atoms with E-state index in [1.54, 1.807) is 25.1 Å². The number of nitrogens with zero attached hydrogens (tertiary/aromatic N) is 1. The molecule has 1 N–H and O–H groups in total. The van der Waals surface area contributed by atoms with E-state index in [2.05, 4.69) is 55.3 Å². The molecule has 0 spiro atoms. The summed E-state index contributed by atoms with van der Waals surface area (Å²) in [5.41, 5.74) is 3.19. The van der Waals surface area contributed by atoms with Crippen LogP contribution in [0.3, 0.4) is 0 Å². The first-order chi connectivity index (χ1) is 13.6. The van der Waals surface area contributed by atoms with Gasteiger partial charge in [0.25, 0.3) is 5.91 Å². The maximum Gasteiger partial charge on any atom is 0.266 e. The summed E-state index contributed by atoms with van der Waals surface area (Å²) in [6, 6.07) is 13.2. The van der Waals surface area contributed by atoms with E-state index in [-0.39, 0.29) is 11.3 Å². The topological polar surface area (TPSA) is 51.2 Å². The Morgan fingerprint density at radius 1 is 1.14 bits per heavy atom. The number of nitrogens with one attached hydrogen (secondary N) is 1. The number of thiazole rings is 1. The smallest absolute Gasteiger partial charge is 0.266 e. The highest BCUT2D eigenvalue weighted by Gasteiger charge is 2.18. The third-order valence-electron chi connectivity index (χ3n) is 4.35. The standard InChI is InChI=1S/C22H22Cl2N2O2S/c1-13(28-19-10-9-16(23)11-17(19)24)20(27)26-21-25-18(12-29-21)14-5-7-15(8-6-14)22(2,3)4/h5-13H,1-4H3,(H,25,26,27). The monoisotopic (exact) mass is 448 g/mol. The maximum absolute atomic E-state index is 12.5. The molecule has 0 aliphatic carbocycles. The minimum Gasteiger partial charge on any atom is -0.479 e. The summed E-state index contributed by atoms with van der Waals surface area (Å²) >= 11 is 13.3. The zero-order valence-electron chi connectivity index (χ0n) is 16.6. The van der Waals surface area contributed by atoms with Crippen LogP contribution in [-0.4, -0.2) is 17.0 Å². The van der Waals surface area contributed by atoms with E-state index in [1.165, 1.54) is 16.9 Å². The molecule has 4 nitrogen and oxygen atoms in total. The Balaban J connectivity index is 1.65. The molecule has 1 aromatic heterocycles. The van der Waals surface area contributed by atoms with Gasteiger partial charge in [-0.25, -0.2) is 4.98 Å². The molecule has 152 valence electrons. The van der Waals surface area contributed by atoms with Crippen LogP contribution in [0.1, 0.15) is 33.3 Å². The third kappa shape index (κ3) is 5.50. The lowest BCUT2D eigenvalue weighted by atomic mass is 9.86. The van der Waals surface area contributed by atoms with Gasteiger partial charge < -0.3 is 4.74 Å². The van der Waals surface area contributed by atoms with Crippen molar-refractivity contribution >= 4 is 45.6 Å². The van der Waals surface area contributed by atoms with Gasteiger partial charge in [0.15, 0.2) is 11.2 Å². The average molecular weight is 449 g/mol. The quantitative estimate of drug-likeness (QED) is 0.465. The predicted molar refractivity (Wildman–Crippen MR) is 121 cm³/mol. The fourth-order valence-corrected chi connectivity index (χ4v) is 3.80. The number of aromatic nitrogens is 1. The number of carbonyl (C=O) groups excluding carboxylic acids is 1. The molecule has 7 heteroatoms. The molecule has 0 aliphatic heterocycles. The van der Waals surface area contributed by atoms with Crippen LogP contribution in [-0.2, 0) is 10.2 Å². The first-order valence-electron chi connectivity index (χ1n) is 9.12. The summed E-state index contributed by atoms with van der Waals surface area (Å²) in [7, 11) is 0. The summed E-state index contributed by atoms with van der Waals surface area (Å²) < 4.78 is 5.64. The van der Waals surface area contributed by atoms with Crippen molar-refractivity contribution < 1.29 is 9.53 Å². The summed E-state index contributed by atoms with van der Waals surface area (Å²) in [5, 5.41) is 6.09. The summed E-state index contributed by atoms with van der Waals surface area (Å²) in [4.78, 5) is 17.0. The first kappa shape index (κ1) is 21.6. The van der Waals surface area contributed by atoms with Crippen LogP contribution in [0.15, 0.2) is 47.8 Å². The van der Waals surface area contributed by atoms with E-state index in [9.17, 15) is 4.79 Å². The minimum atomic E-state index is -0.743. The fraction of sp³-hybridized carbons (Fsp3) is 0.273. The van der Waals surface area contributed by atoms with Crippen molar-refractivity contribution in [1.29, 1.82) is 0 Å². The number of carbonyl (C=O) groups is 1. The lowest BCUT2D eigenvalue weighted by Gasteiger charge is -2.18. The highest BCUT2D eigenvalue weighted by Crippen LogP contribution is 2.30. The number of halogens is 2. The zero-order chi connectivity index (χ0) is 21.2. The van der Waals surface area contributed by atoms with Gasteiger partial charge in [-0.1, -0.05) is 68.2 Å². The Kier molecular flexibility index (Phi) is 6.52. The largest absolute Gasteiger partial charge is 0.479 e. The number of hydrogen-bond acceptors (Lipinski definition) is 4. The Morgan fingerprint density at radius 3 is 2.45 bits per heavy atom. The Bertz CT molecular complexity index is 1010. The molecular formula is C22H22Cl2N2O2S. The van der Waals surface area contributed by atoms with Crippen LogP contribution in [0.25, 0.3) is 11.3 Å². The van der Waals surface area contributed by atoms with Gasteiger partial charge in [-0.15, -0.1) is 11.3 Å². The molecule has 3 rings (SSSR count). The van der Waals surface area contributed by atoms with E-state index in [1.807, 2.05) is 5.38 Å². The zero-order valence-corrected chi connectivity index (χ0v) is 19.0. The van der Waals surface area contributed by atoms with E-state index in [0.717, 1.165) is 11.3 Å². The van der Waals surface area contributed by atoms with Gasteiger partial charge >= 0.3 is 0 Å². The van der Waals surface area contributed by atoms with Crippen LogP contribution in [0.2, 0.25) is 10.0 Å². The highest BCUT2D eigenvalue weighted by molar-refractivity contribution is 7.14. The van der Waals surface area contributed by atoms with Crippen LogP contribution < -0.4 is 10.1 Å². The molecule has 29 heavy (non-hydrogen) atoms. The molecule has 0 saturated heterocycles. The molecule has 3 aromatic rings. The molecule has 1 atom stereocenters. The second kappa shape index (κ2) is 8.74. The van der Waals surface area contributed by atoms with Crippen LogP contribution in [0.5, 0.6) is 5.75 Å². The third-order valence-corrected chi connectivity index (χ3v) is 5.64. The normalized spacial score (nSPS) is 12.5. The van der Waals surface area contributed by atoms with Gasteiger partial charge in [0.1, 0.15) is 5.75 Å². The average Bonchev–Trinajstić information content (AvgIpc) is 3.12. The molecular weight excluding hydrogens is 427 g/mol. The summed E-state index contributed by atoms with van der Waals surface area (Å²) in [6.07, 6.45) is -0.743. The molecule has 0 bridgehead atoms. The number of anilines is 1.